The van der Waals surface area contributed by atoms with Crippen LogP contribution in [0.15, 0.2) is 0 Å². The molecular formula is C38H68. The molecule has 0 saturated heterocycles. The minimum absolute atomic E-state index is 0.519. The lowest BCUT2D eigenvalue weighted by Gasteiger charge is -2.41. The lowest BCUT2D eigenvalue weighted by molar-refractivity contribution is 0.0929. The van der Waals surface area contributed by atoms with Gasteiger partial charge in [-0.15, -0.1) is 0 Å². The van der Waals surface area contributed by atoms with Gasteiger partial charge in [0, 0.05) is 0 Å². The molecule has 5 saturated carbocycles. The first kappa shape index (κ1) is 29.5. The molecule has 0 aromatic carbocycles. The van der Waals surface area contributed by atoms with E-state index in [9.17, 15) is 0 Å². The average molecular weight is 525 g/mol. The molecule has 5 aliphatic rings. The molecule has 0 radical (unpaired) electrons. The highest BCUT2D eigenvalue weighted by Crippen LogP contribution is 2.54. The zero-order chi connectivity index (χ0) is 26.4. The highest BCUT2D eigenvalue weighted by molar-refractivity contribution is 4.95. The van der Waals surface area contributed by atoms with E-state index in [-0.39, 0.29) is 0 Å². The molecule has 38 heavy (non-hydrogen) atoms. The van der Waals surface area contributed by atoms with Crippen LogP contribution in [0.2, 0.25) is 0 Å². The first-order valence-electron chi connectivity index (χ1n) is 18.5. The molecule has 0 spiro atoms. The number of hydrogen-bond donors (Lipinski definition) is 0. The Morgan fingerprint density at radius 2 is 1.03 bits per heavy atom. The Labute approximate surface area is 239 Å². The molecule has 5 aliphatic carbocycles. The molecule has 5 fully saturated rings. The Kier molecular flexibility index (Phi) is 11.1. The summed E-state index contributed by atoms with van der Waals surface area (Å²) in [5.74, 6) is 9.74. The third-order valence-electron chi connectivity index (χ3n) is 13.5. The van der Waals surface area contributed by atoms with Gasteiger partial charge in [-0.1, -0.05) is 149 Å². The summed E-state index contributed by atoms with van der Waals surface area (Å²) < 4.78 is 0. The Hall–Kier alpha value is 0. The molecule has 0 aromatic heterocycles. The zero-order valence-corrected chi connectivity index (χ0v) is 26.4. The van der Waals surface area contributed by atoms with Gasteiger partial charge in [-0.25, -0.2) is 0 Å². The van der Waals surface area contributed by atoms with Crippen LogP contribution in [0.5, 0.6) is 0 Å². The molecule has 0 amide bonds. The Morgan fingerprint density at radius 1 is 0.447 bits per heavy atom. The number of unbranched alkanes of at least 4 members (excludes halogenated alkanes) is 1. The Morgan fingerprint density at radius 3 is 1.71 bits per heavy atom. The van der Waals surface area contributed by atoms with Crippen molar-refractivity contribution in [1.29, 1.82) is 0 Å². The summed E-state index contributed by atoms with van der Waals surface area (Å²) in [5, 5.41) is 0. The monoisotopic (exact) mass is 525 g/mol. The van der Waals surface area contributed by atoms with Gasteiger partial charge in [-0.3, -0.25) is 0 Å². The molecule has 5 unspecified atom stereocenters. The molecule has 0 aromatic rings. The molecule has 5 rings (SSSR count). The molecule has 0 heteroatoms. The molecule has 0 N–H and O–H groups in total. The van der Waals surface area contributed by atoms with Gasteiger partial charge < -0.3 is 0 Å². The summed E-state index contributed by atoms with van der Waals surface area (Å²) in [4.78, 5) is 0. The predicted molar refractivity (Wildman–Crippen MR) is 166 cm³/mol. The molecule has 0 nitrogen and oxygen atoms in total. The fourth-order valence-electron chi connectivity index (χ4n) is 11.5. The van der Waals surface area contributed by atoms with E-state index >= 15 is 0 Å². The smallest absolute Gasteiger partial charge is 0.0326 e. The van der Waals surface area contributed by atoms with E-state index in [0.29, 0.717) is 5.41 Å². The largest absolute Gasteiger partial charge is 0.0599 e. The van der Waals surface area contributed by atoms with Gasteiger partial charge in [-0.2, -0.15) is 0 Å². The van der Waals surface area contributed by atoms with Crippen LogP contribution in [0.25, 0.3) is 0 Å². The van der Waals surface area contributed by atoms with Gasteiger partial charge >= 0.3 is 0 Å². The molecule has 0 heterocycles. The van der Waals surface area contributed by atoms with Crippen molar-refractivity contribution in [3.63, 3.8) is 0 Å². The van der Waals surface area contributed by atoms with Crippen LogP contribution < -0.4 is 0 Å². The van der Waals surface area contributed by atoms with E-state index in [4.69, 9.17) is 0 Å². The standard InChI is InChI=1S/C38H68/c1-38(2,3)36-20-12-11-18-32(36)17-9-10-19-33-27-28-35(31-15-7-8-16-31)37(33)34-25-23-30(24-26-34)22-21-29-13-5-4-6-14-29/h29-37H,4-28H2,1-3H3. The summed E-state index contributed by atoms with van der Waals surface area (Å²) in [5.41, 5.74) is 0.519. The number of rotatable bonds is 10. The summed E-state index contributed by atoms with van der Waals surface area (Å²) in [6.07, 6.45) is 38.9. The highest BCUT2D eigenvalue weighted by Gasteiger charge is 2.45. The fourth-order valence-corrected chi connectivity index (χ4v) is 11.5. The van der Waals surface area contributed by atoms with Gasteiger partial charge in [0.1, 0.15) is 0 Å². The van der Waals surface area contributed by atoms with Crippen molar-refractivity contribution >= 4 is 0 Å². The summed E-state index contributed by atoms with van der Waals surface area (Å²) in [6, 6.07) is 0. The number of hydrogen-bond acceptors (Lipinski definition) is 0. The van der Waals surface area contributed by atoms with Crippen LogP contribution in [0.1, 0.15) is 181 Å². The van der Waals surface area contributed by atoms with Crippen LogP contribution >= 0.6 is 0 Å². The first-order valence-corrected chi connectivity index (χ1v) is 18.5. The molecule has 0 aliphatic heterocycles. The van der Waals surface area contributed by atoms with Crippen LogP contribution in [-0.4, -0.2) is 0 Å². The lowest BCUT2D eigenvalue weighted by atomic mass is 9.64. The van der Waals surface area contributed by atoms with Crippen LogP contribution in [0.4, 0.5) is 0 Å². The minimum atomic E-state index is 0.519. The maximum atomic E-state index is 2.52. The minimum Gasteiger partial charge on any atom is -0.0599 e. The topological polar surface area (TPSA) is 0 Å². The van der Waals surface area contributed by atoms with Crippen LogP contribution in [-0.2, 0) is 0 Å². The van der Waals surface area contributed by atoms with E-state index in [0.717, 1.165) is 53.3 Å². The fraction of sp³-hybridized carbons (Fsp3) is 1.00. The van der Waals surface area contributed by atoms with E-state index in [1.54, 1.807) is 103 Å². The quantitative estimate of drug-likeness (QED) is 0.249. The maximum absolute atomic E-state index is 2.52. The van der Waals surface area contributed by atoms with Crippen LogP contribution in [0.3, 0.4) is 0 Å². The van der Waals surface area contributed by atoms with Gasteiger partial charge in [0.2, 0.25) is 0 Å². The summed E-state index contributed by atoms with van der Waals surface area (Å²) >= 11 is 0. The normalized spacial score (nSPS) is 38.1. The van der Waals surface area contributed by atoms with Crippen molar-refractivity contribution < 1.29 is 0 Å². The van der Waals surface area contributed by atoms with Crippen molar-refractivity contribution in [3.8, 4) is 0 Å². The zero-order valence-electron chi connectivity index (χ0n) is 26.4. The Balaban J connectivity index is 1.10. The average Bonchev–Trinajstić information content (AvgIpc) is 3.61. The van der Waals surface area contributed by atoms with Gasteiger partial charge in [0.25, 0.3) is 0 Å². The maximum Gasteiger partial charge on any atom is -0.0326 e. The van der Waals surface area contributed by atoms with E-state index in [1.165, 1.54) is 57.8 Å². The second-order valence-electron chi connectivity index (χ2n) is 16.8. The molecular weight excluding hydrogens is 456 g/mol. The van der Waals surface area contributed by atoms with Gasteiger partial charge in [-0.05, 0) is 90.8 Å². The third-order valence-corrected chi connectivity index (χ3v) is 13.5. The van der Waals surface area contributed by atoms with E-state index in [2.05, 4.69) is 20.8 Å². The second-order valence-corrected chi connectivity index (χ2v) is 16.8. The van der Waals surface area contributed by atoms with Gasteiger partial charge in [0.05, 0.1) is 0 Å². The van der Waals surface area contributed by atoms with Crippen molar-refractivity contribution in [2.24, 2.45) is 58.7 Å². The molecule has 220 valence electrons. The van der Waals surface area contributed by atoms with E-state index < -0.39 is 0 Å². The van der Waals surface area contributed by atoms with Crippen molar-refractivity contribution in [2.75, 3.05) is 0 Å². The van der Waals surface area contributed by atoms with Gasteiger partial charge in [0.15, 0.2) is 0 Å². The lowest BCUT2D eigenvalue weighted by Crippen LogP contribution is -2.32. The second kappa shape index (κ2) is 14.3. The third kappa shape index (κ3) is 7.84. The SMILES string of the molecule is CC(C)(C)C1CCCCC1CCCCC1CCC(C2CCCC2)C1C1CCC(CCC2CCCCC2)CC1. The highest BCUT2D eigenvalue weighted by atomic mass is 14.5. The van der Waals surface area contributed by atoms with Crippen molar-refractivity contribution in [2.45, 2.75) is 181 Å². The van der Waals surface area contributed by atoms with Crippen molar-refractivity contribution in [1.82, 2.24) is 0 Å². The Bertz CT molecular complexity index is 650. The van der Waals surface area contributed by atoms with Crippen molar-refractivity contribution in [3.05, 3.63) is 0 Å². The molecule has 5 atom stereocenters. The molecule has 0 bridgehead atoms. The summed E-state index contributed by atoms with van der Waals surface area (Å²) in [6.45, 7) is 7.56. The predicted octanol–water partition coefficient (Wildman–Crippen LogP) is 12.4. The first-order chi connectivity index (χ1) is 18.5. The van der Waals surface area contributed by atoms with E-state index in [1.807, 2.05) is 0 Å². The summed E-state index contributed by atoms with van der Waals surface area (Å²) in [7, 11) is 0. The van der Waals surface area contributed by atoms with Crippen LogP contribution in [0, 0.1) is 58.7 Å².